The fraction of sp³-hybridized carbons (Fsp3) is 0.263. The van der Waals surface area contributed by atoms with Gasteiger partial charge in [-0.25, -0.2) is 14.4 Å². The van der Waals surface area contributed by atoms with Crippen LogP contribution in [0, 0.1) is 12.7 Å². The first kappa shape index (κ1) is 17.2. The van der Waals surface area contributed by atoms with E-state index in [9.17, 15) is 9.18 Å². The summed E-state index contributed by atoms with van der Waals surface area (Å²) >= 11 is 1.29. The first-order valence-electron chi connectivity index (χ1n) is 9.00. The second-order valence-electron chi connectivity index (χ2n) is 6.93. The number of pyridine rings is 1. The molecule has 0 radical (unpaired) electrons. The maximum Gasteiger partial charge on any atom is 0.265 e. The Morgan fingerprint density at radius 3 is 3.07 bits per heavy atom. The van der Waals surface area contributed by atoms with Gasteiger partial charge in [0.05, 0.1) is 22.0 Å². The Morgan fingerprint density at radius 2 is 2.25 bits per heavy atom. The van der Waals surface area contributed by atoms with Crippen LogP contribution in [0.15, 0.2) is 30.7 Å². The van der Waals surface area contributed by atoms with Gasteiger partial charge in [0.2, 0.25) is 0 Å². The number of anilines is 1. The van der Waals surface area contributed by atoms with Gasteiger partial charge >= 0.3 is 0 Å². The zero-order chi connectivity index (χ0) is 19.3. The molecule has 1 aliphatic rings. The Bertz CT molecular complexity index is 1210. The SMILES string of the molecule is Cc1cn2cc(NC(=O)c3cc4ncc(C5CCNC5)nc4s3)cc(F)c2n1. The molecule has 28 heavy (non-hydrogen) atoms. The summed E-state index contributed by atoms with van der Waals surface area (Å²) in [4.78, 5) is 27.2. The van der Waals surface area contributed by atoms with Gasteiger partial charge in [0, 0.05) is 37.1 Å². The molecule has 4 aromatic heterocycles. The Morgan fingerprint density at radius 1 is 1.36 bits per heavy atom. The number of halogens is 1. The summed E-state index contributed by atoms with van der Waals surface area (Å²) in [5.41, 5.74) is 2.95. The molecule has 0 aromatic carbocycles. The third kappa shape index (κ3) is 3.02. The number of nitrogens with zero attached hydrogens (tertiary/aromatic N) is 4. The van der Waals surface area contributed by atoms with Gasteiger partial charge in [0.25, 0.3) is 5.91 Å². The molecule has 7 nitrogen and oxygen atoms in total. The Hall–Kier alpha value is -2.91. The number of thiophene rings is 1. The number of nitrogens with one attached hydrogen (secondary N) is 2. The average molecular weight is 396 g/mol. The highest BCUT2D eigenvalue weighted by atomic mass is 32.1. The van der Waals surface area contributed by atoms with E-state index < -0.39 is 5.82 Å². The lowest BCUT2D eigenvalue weighted by Gasteiger charge is -2.05. The highest BCUT2D eigenvalue weighted by Gasteiger charge is 2.20. The molecule has 1 amide bonds. The van der Waals surface area contributed by atoms with Crippen molar-refractivity contribution in [2.24, 2.45) is 0 Å². The molecule has 1 aliphatic heterocycles. The van der Waals surface area contributed by atoms with E-state index in [-0.39, 0.29) is 11.6 Å². The third-order valence-electron chi connectivity index (χ3n) is 4.85. The number of carbonyl (C=O) groups is 1. The van der Waals surface area contributed by atoms with Crippen LogP contribution in [0.3, 0.4) is 0 Å². The van der Waals surface area contributed by atoms with Crippen molar-refractivity contribution in [3.05, 3.63) is 52.8 Å². The predicted octanol–water partition coefficient (Wildman–Crippen LogP) is 3.12. The first-order chi connectivity index (χ1) is 13.6. The summed E-state index contributed by atoms with van der Waals surface area (Å²) in [5.74, 6) is -0.436. The van der Waals surface area contributed by atoms with Crippen molar-refractivity contribution in [2.45, 2.75) is 19.3 Å². The molecule has 142 valence electrons. The number of rotatable bonds is 3. The maximum absolute atomic E-state index is 14.2. The first-order valence-corrected chi connectivity index (χ1v) is 9.82. The summed E-state index contributed by atoms with van der Waals surface area (Å²) in [5, 5.41) is 6.07. The largest absolute Gasteiger partial charge is 0.320 e. The Labute approximate surface area is 163 Å². The average Bonchev–Trinajstić information content (AvgIpc) is 3.39. The lowest BCUT2D eigenvalue weighted by atomic mass is 10.1. The van der Waals surface area contributed by atoms with Crippen molar-refractivity contribution >= 4 is 38.9 Å². The second-order valence-corrected chi connectivity index (χ2v) is 7.96. The topological polar surface area (TPSA) is 84.2 Å². The molecule has 5 rings (SSSR count). The van der Waals surface area contributed by atoms with Crippen molar-refractivity contribution in [1.82, 2.24) is 24.7 Å². The number of hydrogen-bond acceptors (Lipinski definition) is 6. The predicted molar refractivity (Wildman–Crippen MR) is 105 cm³/mol. The van der Waals surface area contributed by atoms with Crippen molar-refractivity contribution in [2.75, 3.05) is 18.4 Å². The number of hydrogen-bond donors (Lipinski definition) is 2. The Kier molecular flexibility index (Phi) is 4.06. The van der Waals surface area contributed by atoms with Crippen LogP contribution >= 0.6 is 11.3 Å². The van der Waals surface area contributed by atoms with Crippen LogP contribution in [0.1, 0.15) is 33.4 Å². The van der Waals surface area contributed by atoms with Gasteiger partial charge in [-0.2, -0.15) is 0 Å². The number of fused-ring (bicyclic) bond motifs is 2. The van der Waals surface area contributed by atoms with Gasteiger partial charge in [-0.15, -0.1) is 11.3 Å². The quantitative estimate of drug-likeness (QED) is 0.556. The molecule has 1 unspecified atom stereocenters. The van der Waals surface area contributed by atoms with E-state index in [4.69, 9.17) is 0 Å². The Balaban J connectivity index is 1.42. The summed E-state index contributed by atoms with van der Waals surface area (Å²) in [6, 6.07) is 2.99. The molecule has 1 atom stereocenters. The minimum atomic E-state index is -0.486. The third-order valence-corrected chi connectivity index (χ3v) is 5.86. The molecule has 5 heterocycles. The number of aromatic nitrogens is 4. The normalized spacial score (nSPS) is 16.9. The minimum Gasteiger partial charge on any atom is -0.320 e. The van der Waals surface area contributed by atoms with Crippen LogP contribution in [-0.4, -0.2) is 38.3 Å². The molecule has 9 heteroatoms. The van der Waals surface area contributed by atoms with Crippen molar-refractivity contribution in [3.63, 3.8) is 0 Å². The van der Waals surface area contributed by atoms with Gasteiger partial charge in [-0.05, 0) is 26.0 Å². The van der Waals surface area contributed by atoms with Crippen molar-refractivity contribution in [3.8, 4) is 0 Å². The van der Waals surface area contributed by atoms with E-state index in [1.54, 1.807) is 36.0 Å². The number of aryl methyl sites for hydroxylation is 1. The number of imidazole rings is 1. The van der Waals surface area contributed by atoms with Gasteiger partial charge < -0.3 is 15.0 Å². The smallest absolute Gasteiger partial charge is 0.265 e. The van der Waals surface area contributed by atoms with Crippen LogP contribution < -0.4 is 10.6 Å². The lowest BCUT2D eigenvalue weighted by molar-refractivity contribution is 0.103. The van der Waals surface area contributed by atoms with E-state index in [0.29, 0.717) is 27.7 Å². The van der Waals surface area contributed by atoms with Crippen LogP contribution in [0.4, 0.5) is 10.1 Å². The van der Waals surface area contributed by atoms with Gasteiger partial charge in [-0.1, -0.05) is 0 Å². The van der Waals surface area contributed by atoms with Crippen LogP contribution in [0.5, 0.6) is 0 Å². The summed E-state index contributed by atoms with van der Waals surface area (Å²) in [6.45, 7) is 3.68. The molecule has 4 aromatic rings. The highest BCUT2D eigenvalue weighted by molar-refractivity contribution is 7.20. The van der Waals surface area contributed by atoms with Crippen molar-refractivity contribution in [1.29, 1.82) is 0 Å². The van der Waals surface area contributed by atoms with Gasteiger partial charge in [-0.3, -0.25) is 9.78 Å². The van der Waals surface area contributed by atoms with Crippen LogP contribution in [0.2, 0.25) is 0 Å². The fourth-order valence-electron chi connectivity index (χ4n) is 3.48. The van der Waals surface area contributed by atoms with E-state index in [0.717, 1.165) is 30.0 Å². The fourth-order valence-corrected chi connectivity index (χ4v) is 4.37. The molecule has 2 N–H and O–H groups in total. The molecule has 0 bridgehead atoms. The van der Waals surface area contributed by atoms with E-state index in [1.807, 2.05) is 0 Å². The highest BCUT2D eigenvalue weighted by Crippen LogP contribution is 2.27. The molecule has 0 spiro atoms. The van der Waals surface area contributed by atoms with Crippen LogP contribution in [-0.2, 0) is 0 Å². The van der Waals surface area contributed by atoms with E-state index >= 15 is 0 Å². The van der Waals surface area contributed by atoms with Gasteiger partial charge in [0.15, 0.2) is 11.5 Å². The second kappa shape index (κ2) is 6.61. The van der Waals surface area contributed by atoms with E-state index in [1.165, 1.54) is 17.4 Å². The van der Waals surface area contributed by atoms with E-state index in [2.05, 4.69) is 25.6 Å². The minimum absolute atomic E-state index is 0.236. The summed E-state index contributed by atoms with van der Waals surface area (Å²) < 4.78 is 15.8. The molecule has 1 fully saturated rings. The summed E-state index contributed by atoms with van der Waals surface area (Å²) in [7, 11) is 0. The maximum atomic E-state index is 14.2. The molecule has 0 saturated carbocycles. The summed E-state index contributed by atoms with van der Waals surface area (Å²) in [6.07, 6.45) is 6.19. The zero-order valence-electron chi connectivity index (χ0n) is 15.1. The molecular formula is C19H17FN6OS. The van der Waals surface area contributed by atoms with Gasteiger partial charge in [0.1, 0.15) is 10.3 Å². The standard InChI is InChI=1S/C19H17FN6OS/c1-10-8-26-9-12(4-13(20)17(26)23-10)24-18(27)16-5-14-19(28-16)25-15(7-22-14)11-2-3-21-6-11/h4-5,7-9,11,21H,2-3,6H2,1H3,(H,24,27). The monoisotopic (exact) mass is 396 g/mol. The molecular weight excluding hydrogens is 379 g/mol. The van der Waals surface area contributed by atoms with Crippen molar-refractivity contribution < 1.29 is 9.18 Å². The molecule has 1 saturated heterocycles. The van der Waals surface area contributed by atoms with Crippen LogP contribution in [0.25, 0.3) is 16.0 Å². The lowest BCUT2D eigenvalue weighted by Crippen LogP contribution is -2.11. The zero-order valence-corrected chi connectivity index (χ0v) is 15.9. The molecule has 0 aliphatic carbocycles. The number of carbonyl (C=O) groups excluding carboxylic acids is 1. The number of amides is 1.